The number of aliphatic hydroxyl groups excluding tert-OH is 1. The van der Waals surface area contributed by atoms with E-state index in [1.807, 2.05) is 6.07 Å². The summed E-state index contributed by atoms with van der Waals surface area (Å²) in [5, 5.41) is 12.8. The highest BCUT2D eigenvalue weighted by atomic mass is 79.9. The third-order valence-electron chi connectivity index (χ3n) is 3.94. The number of rotatable bonds is 4. The van der Waals surface area contributed by atoms with Crippen molar-refractivity contribution in [3.8, 4) is 0 Å². The molecule has 0 saturated carbocycles. The van der Waals surface area contributed by atoms with Crippen LogP contribution in [0.4, 0.5) is 0 Å². The molecule has 0 aliphatic carbocycles. The van der Waals surface area contributed by atoms with E-state index in [1.54, 1.807) is 24.3 Å². The summed E-state index contributed by atoms with van der Waals surface area (Å²) < 4.78 is 7.07. The second-order valence-electron chi connectivity index (χ2n) is 5.65. The lowest BCUT2D eigenvalue weighted by atomic mass is 10.1. The van der Waals surface area contributed by atoms with Crippen LogP contribution in [0.3, 0.4) is 0 Å². The molecule has 0 spiro atoms. The van der Waals surface area contributed by atoms with Gasteiger partial charge in [-0.15, -0.1) is 0 Å². The van der Waals surface area contributed by atoms with Crippen LogP contribution in [-0.4, -0.2) is 39.3 Å². The van der Waals surface area contributed by atoms with Crippen molar-refractivity contribution in [2.24, 2.45) is 0 Å². The number of aromatic amines is 1. The highest BCUT2D eigenvalue weighted by Crippen LogP contribution is 2.27. The molecule has 9 heteroatoms. The maximum Gasteiger partial charge on any atom is 0.330 e. The molecule has 2 aromatic rings. The molecule has 132 valence electrons. The minimum Gasteiger partial charge on any atom is -0.390 e. The Morgan fingerprint density at radius 1 is 1.36 bits per heavy atom. The Hall–Kier alpha value is -2.23. The first-order chi connectivity index (χ1) is 12.0. The predicted molar refractivity (Wildman–Crippen MR) is 92.3 cm³/mol. The second kappa shape index (κ2) is 7.34. The number of carbonyl (C=O) groups is 1. The van der Waals surface area contributed by atoms with Crippen LogP contribution in [0, 0.1) is 0 Å². The molecule has 0 radical (unpaired) electrons. The average Bonchev–Trinajstić information content (AvgIpc) is 2.97. The molecule has 2 heterocycles. The lowest BCUT2D eigenvalue weighted by Gasteiger charge is -2.16. The van der Waals surface area contributed by atoms with Gasteiger partial charge in [-0.25, -0.2) is 4.79 Å². The van der Waals surface area contributed by atoms with E-state index in [0.717, 1.165) is 0 Å². The van der Waals surface area contributed by atoms with E-state index in [-0.39, 0.29) is 23.3 Å². The number of hydrogen-bond acceptors (Lipinski definition) is 5. The molecule has 3 N–H and O–H groups in total. The van der Waals surface area contributed by atoms with Crippen LogP contribution < -0.4 is 16.6 Å². The van der Waals surface area contributed by atoms with Crippen molar-refractivity contribution < 1.29 is 14.6 Å². The third-order valence-corrected chi connectivity index (χ3v) is 4.50. The zero-order chi connectivity index (χ0) is 18.0. The second-order valence-corrected chi connectivity index (χ2v) is 6.51. The Balaban J connectivity index is 1.66. The van der Waals surface area contributed by atoms with Gasteiger partial charge in [0, 0.05) is 24.7 Å². The van der Waals surface area contributed by atoms with Crippen molar-refractivity contribution in [3.05, 3.63) is 67.4 Å². The first-order valence-corrected chi connectivity index (χ1v) is 8.42. The Bertz CT molecular complexity index is 879. The highest BCUT2D eigenvalue weighted by Gasteiger charge is 2.35. The lowest BCUT2D eigenvalue weighted by molar-refractivity contribution is -0.0187. The highest BCUT2D eigenvalue weighted by molar-refractivity contribution is 9.10. The minimum absolute atomic E-state index is 0.102. The summed E-state index contributed by atoms with van der Waals surface area (Å²) in [6.45, 7) is 0.102. The number of benzene rings is 1. The molecule has 1 aliphatic rings. The van der Waals surface area contributed by atoms with Gasteiger partial charge in [-0.05, 0) is 28.1 Å². The van der Waals surface area contributed by atoms with Crippen molar-refractivity contribution in [3.63, 3.8) is 0 Å². The summed E-state index contributed by atoms with van der Waals surface area (Å²) in [4.78, 5) is 37.5. The largest absolute Gasteiger partial charge is 0.390 e. The third kappa shape index (κ3) is 3.89. The predicted octanol–water partition coefficient (Wildman–Crippen LogP) is 0.378. The van der Waals surface area contributed by atoms with Gasteiger partial charge in [0.05, 0.1) is 10.6 Å². The van der Waals surface area contributed by atoms with Crippen LogP contribution >= 0.6 is 15.9 Å². The lowest BCUT2D eigenvalue weighted by Crippen LogP contribution is -2.37. The number of amides is 1. The van der Waals surface area contributed by atoms with E-state index in [2.05, 4.69) is 26.2 Å². The molecular weight excluding hydrogens is 394 g/mol. The SMILES string of the molecule is O=C(NC[C@H]1O[C@@H](n2cc(Br)c(=O)[nH]c2=O)C[C@@H]1O)c1ccccc1. The fraction of sp³-hybridized carbons (Fsp3) is 0.312. The van der Waals surface area contributed by atoms with Crippen molar-refractivity contribution in [1.82, 2.24) is 14.9 Å². The summed E-state index contributed by atoms with van der Waals surface area (Å²) in [6.07, 6.45) is -0.739. The van der Waals surface area contributed by atoms with Gasteiger partial charge in [0.15, 0.2) is 0 Å². The number of H-pyrrole nitrogens is 1. The first-order valence-electron chi connectivity index (χ1n) is 7.63. The van der Waals surface area contributed by atoms with E-state index in [9.17, 15) is 19.5 Å². The Labute approximate surface area is 150 Å². The van der Waals surface area contributed by atoms with Gasteiger partial charge >= 0.3 is 5.69 Å². The average molecular weight is 410 g/mol. The summed E-state index contributed by atoms with van der Waals surface area (Å²) in [7, 11) is 0. The normalized spacial score (nSPS) is 22.7. The van der Waals surface area contributed by atoms with Crippen LogP contribution in [0.15, 0.2) is 50.6 Å². The molecule has 1 fully saturated rings. The van der Waals surface area contributed by atoms with E-state index < -0.39 is 29.7 Å². The number of nitrogens with one attached hydrogen (secondary N) is 2. The molecule has 0 bridgehead atoms. The molecule has 3 rings (SSSR count). The number of halogens is 1. The monoisotopic (exact) mass is 409 g/mol. The van der Waals surface area contributed by atoms with E-state index in [1.165, 1.54) is 10.8 Å². The maximum absolute atomic E-state index is 12.0. The molecule has 3 atom stereocenters. The number of nitrogens with zero attached hydrogens (tertiary/aromatic N) is 1. The summed E-state index contributed by atoms with van der Waals surface area (Å²) in [6, 6.07) is 8.69. The summed E-state index contributed by atoms with van der Waals surface area (Å²) >= 11 is 3.05. The number of ether oxygens (including phenoxy) is 1. The maximum atomic E-state index is 12.0. The number of hydrogen-bond donors (Lipinski definition) is 3. The van der Waals surface area contributed by atoms with Crippen molar-refractivity contribution in [1.29, 1.82) is 0 Å². The van der Waals surface area contributed by atoms with Crippen LogP contribution in [0.2, 0.25) is 0 Å². The molecule has 0 unspecified atom stereocenters. The summed E-state index contributed by atoms with van der Waals surface area (Å²) in [5.41, 5.74) is -0.654. The molecule has 1 aromatic heterocycles. The van der Waals surface area contributed by atoms with Gasteiger partial charge in [-0.1, -0.05) is 18.2 Å². The van der Waals surface area contributed by atoms with Gasteiger partial charge in [-0.2, -0.15) is 0 Å². The first kappa shape index (κ1) is 17.6. The summed E-state index contributed by atoms with van der Waals surface area (Å²) in [5.74, 6) is -0.274. The molecule has 25 heavy (non-hydrogen) atoms. The standard InChI is InChI=1S/C16H16BrN3O5/c17-10-8-20(16(24)19-15(10)23)13-6-11(21)12(25-13)7-18-14(22)9-4-2-1-3-5-9/h1-5,8,11-13,21H,6-7H2,(H,18,22)(H,19,23,24)/t11-,12+,13+/m0/s1. The molecule has 1 amide bonds. The molecule has 1 aromatic carbocycles. The van der Waals surface area contributed by atoms with E-state index in [4.69, 9.17) is 4.74 Å². The quantitative estimate of drug-likeness (QED) is 0.675. The molecular formula is C16H16BrN3O5. The topological polar surface area (TPSA) is 113 Å². The van der Waals surface area contributed by atoms with E-state index in [0.29, 0.717) is 5.56 Å². The van der Waals surface area contributed by atoms with Crippen LogP contribution in [0.5, 0.6) is 0 Å². The zero-order valence-corrected chi connectivity index (χ0v) is 14.6. The van der Waals surface area contributed by atoms with Crippen LogP contribution in [0.25, 0.3) is 0 Å². The fourth-order valence-corrected chi connectivity index (χ4v) is 2.95. The number of aromatic nitrogens is 2. The van der Waals surface area contributed by atoms with E-state index >= 15 is 0 Å². The zero-order valence-electron chi connectivity index (χ0n) is 13.0. The fourth-order valence-electron chi connectivity index (χ4n) is 2.63. The van der Waals surface area contributed by atoms with Crippen molar-refractivity contribution in [2.75, 3.05) is 6.54 Å². The Kier molecular flexibility index (Phi) is 5.16. The smallest absolute Gasteiger partial charge is 0.330 e. The van der Waals surface area contributed by atoms with Crippen LogP contribution in [-0.2, 0) is 4.74 Å². The van der Waals surface area contributed by atoms with Gasteiger partial charge in [0.25, 0.3) is 11.5 Å². The molecule has 1 saturated heterocycles. The van der Waals surface area contributed by atoms with Gasteiger partial charge in [0.1, 0.15) is 12.3 Å². The van der Waals surface area contributed by atoms with Gasteiger partial charge < -0.3 is 15.2 Å². The Morgan fingerprint density at radius 3 is 2.80 bits per heavy atom. The number of carbonyl (C=O) groups excluding carboxylic acids is 1. The molecule has 8 nitrogen and oxygen atoms in total. The molecule has 1 aliphatic heterocycles. The van der Waals surface area contributed by atoms with Gasteiger partial charge in [-0.3, -0.25) is 19.1 Å². The van der Waals surface area contributed by atoms with Crippen molar-refractivity contribution >= 4 is 21.8 Å². The van der Waals surface area contributed by atoms with Crippen molar-refractivity contribution in [2.45, 2.75) is 24.9 Å². The number of aliphatic hydroxyl groups is 1. The minimum atomic E-state index is -0.848. The van der Waals surface area contributed by atoms with Gasteiger partial charge in [0.2, 0.25) is 0 Å². The van der Waals surface area contributed by atoms with Crippen LogP contribution in [0.1, 0.15) is 23.0 Å². The Morgan fingerprint density at radius 2 is 2.08 bits per heavy atom.